The van der Waals surface area contributed by atoms with Crippen LogP contribution in [0.2, 0.25) is 0 Å². The summed E-state index contributed by atoms with van der Waals surface area (Å²) in [6.45, 7) is 1.40. The molecule has 1 aromatic carbocycles. The quantitative estimate of drug-likeness (QED) is 0.855. The fourth-order valence-electron chi connectivity index (χ4n) is 6.83. The highest BCUT2D eigenvalue weighted by Crippen LogP contribution is 2.61. The van der Waals surface area contributed by atoms with Crippen molar-refractivity contribution >= 4 is 17.5 Å². The number of amides is 2. The van der Waals surface area contributed by atoms with E-state index in [1.165, 1.54) is 38.5 Å². The van der Waals surface area contributed by atoms with Crippen LogP contribution >= 0.6 is 0 Å². The number of benzene rings is 1. The third-order valence-corrected chi connectivity index (χ3v) is 7.51. The largest absolute Gasteiger partial charge is 0.352 e. The second kappa shape index (κ2) is 6.65. The molecule has 144 valence electrons. The van der Waals surface area contributed by atoms with Crippen LogP contribution in [0.15, 0.2) is 24.3 Å². The van der Waals surface area contributed by atoms with E-state index < -0.39 is 0 Å². The molecule has 5 fully saturated rings. The van der Waals surface area contributed by atoms with Gasteiger partial charge in [-0.15, -0.1) is 0 Å². The van der Waals surface area contributed by atoms with Crippen LogP contribution in [-0.2, 0) is 16.1 Å². The average Bonchev–Trinajstić information content (AvgIpc) is 3.05. The standard InChI is InChI=1S/C23H30N2O2/c26-21(14-23-11-17-8-18(12-23)10-19(9-17)13-23)24-15-16-3-5-20(6-4-16)25-7-1-2-22(25)27/h3-6,17-19H,1-2,7-15H2,(H,24,26). The molecule has 4 saturated carbocycles. The molecule has 1 N–H and O–H groups in total. The summed E-state index contributed by atoms with van der Waals surface area (Å²) >= 11 is 0. The molecule has 1 aliphatic heterocycles. The summed E-state index contributed by atoms with van der Waals surface area (Å²) in [5, 5.41) is 3.15. The molecule has 1 saturated heterocycles. The molecule has 4 nitrogen and oxygen atoms in total. The highest BCUT2D eigenvalue weighted by molar-refractivity contribution is 5.95. The monoisotopic (exact) mass is 366 g/mol. The zero-order chi connectivity index (χ0) is 18.4. The first-order valence-electron chi connectivity index (χ1n) is 10.7. The SMILES string of the molecule is O=C(CC12CC3CC(CC(C3)C1)C2)NCc1ccc(N2CCCC2=O)cc1. The molecule has 0 spiro atoms. The molecule has 0 atom stereocenters. The van der Waals surface area contributed by atoms with E-state index in [0.29, 0.717) is 18.4 Å². The molecule has 0 radical (unpaired) electrons. The van der Waals surface area contributed by atoms with Gasteiger partial charge < -0.3 is 10.2 Å². The van der Waals surface area contributed by atoms with Crippen molar-refractivity contribution in [3.8, 4) is 0 Å². The van der Waals surface area contributed by atoms with Crippen molar-refractivity contribution in [1.29, 1.82) is 0 Å². The van der Waals surface area contributed by atoms with Crippen LogP contribution in [0.4, 0.5) is 5.69 Å². The smallest absolute Gasteiger partial charge is 0.227 e. The maximum atomic E-state index is 12.7. The van der Waals surface area contributed by atoms with Crippen molar-refractivity contribution in [1.82, 2.24) is 5.32 Å². The second-order valence-electron chi connectivity index (χ2n) is 9.69. The molecular formula is C23H30N2O2. The van der Waals surface area contributed by atoms with Crippen molar-refractivity contribution in [2.24, 2.45) is 23.2 Å². The van der Waals surface area contributed by atoms with E-state index in [4.69, 9.17) is 0 Å². The summed E-state index contributed by atoms with van der Waals surface area (Å²) in [5.41, 5.74) is 2.38. The van der Waals surface area contributed by atoms with Crippen LogP contribution in [0.1, 0.15) is 63.4 Å². The lowest BCUT2D eigenvalue weighted by Crippen LogP contribution is -2.47. The van der Waals surface area contributed by atoms with Crippen LogP contribution in [0.3, 0.4) is 0 Å². The number of rotatable bonds is 5. The van der Waals surface area contributed by atoms with E-state index in [1.54, 1.807) is 0 Å². The van der Waals surface area contributed by atoms with Gasteiger partial charge in [-0.25, -0.2) is 0 Å². The Hall–Kier alpha value is -1.84. The molecule has 6 rings (SSSR count). The van der Waals surface area contributed by atoms with Gasteiger partial charge in [0.05, 0.1) is 0 Å². The predicted octanol–water partition coefficient (Wildman–Crippen LogP) is 4.04. The van der Waals surface area contributed by atoms with Gasteiger partial charge in [-0.1, -0.05) is 12.1 Å². The van der Waals surface area contributed by atoms with Gasteiger partial charge in [-0.3, -0.25) is 9.59 Å². The highest BCUT2D eigenvalue weighted by Gasteiger charge is 2.51. The molecule has 4 aliphatic carbocycles. The first-order chi connectivity index (χ1) is 13.1. The Balaban J connectivity index is 1.16. The van der Waals surface area contributed by atoms with E-state index >= 15 is 0 Å². The molecular weight excluding hydrogens is 336 g/mol. The van der Waals surface area contributed by atoms with Crippen molar-refractivity contribution < 1.29 is 9.59 Å². The summed E-state index contributed by atoms with van der Waals surface area (Å²) in [7, 11) is 0. The fourth-order valence-corrected chi connectivity index (χ4v) is 6.83. The molecule has 0 aromatic heterocycles. The van der Waals surface area contributed by atoms with E-state index in [9.17, 15) is 9.59 Å². The lowest BCUT2D eigenvalue weighted by atomic mass is 9.49. The van der Waals surface area contributed by atoms with E-state index in [1.807, 2.05) is 29.2 Å². The molecule has 1 aromatic rings. The van der Waals surface area contributed by atoms with Gasteiger partial charge in [-0.2, -0.15) is 0 Å². The average molecular weight is 367 g/mol. The van der Waals surface area contributed by atoms with Crippen LogP contribution in [0.5, 0.6) is 0 Å². The van der Waals surface area contributed by atoms with E-state index in [0.717, 1.165) is 48.4 Å². The van der Waals surface area contributed by atoms with Gasteiger partial charge >= 0.3 is 0 Å². The van der Waals surface area contributed by atoms with Crippen molar-refractivity contribution in [2.45, 2.75) is 64.3 Å². The summed E-state index contributed by atoms with van der Waals surface area (Å²) in [4.78, 5) is 26.4. The number of nitrogens with zero attached hydrogens (tertiary/aromatic N) is 1. The molecule has 1 heterocycles. The maximum absolute atomic E-state index is 12.7. The summed E-state index contributed by atoms with van der Waals surface area (Å²) < 4.78 is 0. The van der Waals surface area contributed by atoms with Gasteiger partial charge in [0.15, 0.2) is 0 Å². The maximum Gasteiger partial charge on any atom is 0.227 e. The third kappa shape index (κ3) is 3.39. The summed E-state index contributed by atoms with van der Waals surface area (Å²) in [5.74, 6) is 3.11. The number of anilines is 1. The number of hydrogen-bond acceptors (Lipinski definition) is 2. The van der Waals surface area contributed by atoms with Crippen LogP contribution in [0, 0.1) is 23.2 Å². The fraction of sp³-hybridized carbons (Fsp3) is 0.652. The Labute approximate surface area is 161 Å². The molecule has 5 aliphatic rings. The van der Waals surface area contributed by atoms with E-state index in [-0.39, 0.29) is 11.8 Å². The number of hydrogen-bond donors (Lipinski definition) is 1. The molecule has 27 heavy (non-hydrogen) atoms. The normalized spacial score (nSPS) is 34.3. The van der Waals surface area contributed by atoms with Gasteiger partial charge in [0, 0.05) is 31.6 Å². The number of carbonyl (C=O) groups is 2. The first kappa shape index (κ1) is 17.3. The Morgan fingerprint density at radius 2 is 1.67 bits per heavy atom. The molecule has 4 bridgehead atoms. The molecule has 2 amide bonds. The Morgan fingerprint density at radius 3 is 2.22 bits per heavy atom. The second-order valence-corrected chi connectivity index (χ2v) is 9.69. The van der Waals surface area contributed by atoms with Crippen LogP contribution in [-0.4, -0.2) is 18.4 Å². The van der Waals surface area contributed by atoms with E-state index in [2.05, 4.69) is 5.32 Å². The molecule has 0 unspecified atom stereocenters. The Bertz CT molecular complexity index is 704. The predicted molar refractivity (Wildman–Crippen MR) is 105 cm³/mol. The minimum atomic E-state index is 0.214. The topological polar surface area (TPSA) is 49.4 Å². The molecule has 4 heteroatoms. The Morgan fingerprint density at radius 1 is 1.04 bits per heavy atom. The highest BCUT2D eigenvalue weighted by atomic mass is 16.2. The van der Waals surface area contributed by atoms with Crippen LogP contribution < -0.4 is 10.2 Å². The minimum absolute atomic E-state index is 0.214. The van der Waals surface area contributed by atoms with Gasteiger partial charge in [0.1, 0.15) is 0 Å². The third-order valence-electron chi connectivity index (χ3n) is 7.51. The van der Waals surface area contributed by atoms with Crippen molar-refractivity contribution in [3.63, 3.8) is 0 Å². The zero-order valence-electron chi connectivity index (χ0n) is 16.1. The number of carbonyl (C=O) groups excluding carboxylic acids is 2. The van der Waals surface area contributed by atoms with Crippen molar-refractivity contribution in [3.05, 3.63) is 29.8 Å². The first-order valence-corrected chi connectivity index (χ1v) is 10.7. The van der Waals surface area contributed by atoms with Crippen molar-refractivity contribution in [2.75, 3.05) is 11.4 Å². The van der Waals surface area contributed by atoms with Gasteiger partial charge in [-0.05, 0) is 85.8 Å². The Kier molecular flexibility index (Phi) is 4.25. The van der Waals surface area contributed by atoms with Crippen LogP contribution in [0.25, 0.3) is 0 Å². The number of nitrogens with one attached hydrogen (secondary N) is 1. The van der Waals surface area contributed by atoms with Gasteiger partial charge in [0.25, 0.3) is 0 Å². The lowest BCUT2D eigenvalue weighted by molar-refractivity contribution is -0.129. The lowest BCUT2D eigenvalue weighted by Gasteiger charge is -2.56. The summed E-state index contributed by atoms with van der Waals surface area (Å²) in [6.07, 6.45) is 10.4. The van der Waals surface area contributed by atoms with Gasteiger partial charge in [0.2, 0.25) is 11.8 Å². The zero-order valence-corrected chi connectivity index (χ0v) is 16.1. The minimum Gasteiger partial charge on any atom is -0.352 e. The summed E-state index contributed by atoms with van der Waals surface area (Å²) in [6, 6.07) is 8.07.